The fraction of sp³-hybridized carbons (Fsp3) is 0.667. The number of aliphatic hydroxyl groups excluding tert-OH is 2. The van der Waals surface area contributed by atoms with Gasteiger partial charge in [-0.15, -0.1) is 0 Å². The lowest BCUT2D eigenvalue weighted by Crippen LogP contribution is -2.65. The molecule has 2 fully saturated rings. The minimum absolute atomic E-state index is 0.0179. The highest BCUT2D eigenvalue weighted by molar-refractivity contribution is 5.87. The van der Waals surface area contributed by atoms with E-state index in [9.17, 15) is 24.6 Å². The molecule has 1 aromatic heterocycles. The predicted molar refractivity (Wildman–Crippen MR) is 159 cm³/mol. The quantitative estimate of drug-likeness (QED) is 0.144. The first-order valence-electron chi connectivity index (χ1n) is 15.7. The number of methoxy groups -OCH3 is 1. The molecule has 2 heterocycles. The van der Waals surface area contributed by atoms with Gasteiger partial charge in [0, 0.05) is 55.9 Å². The molecule has 2 saturated carbocycles. The number of ether oxygens (including phenoxy) is 5. The van der Waals surface area contributed by atoms with E-state index in [1.165, 1.54) is 7.11 Å². The monoisotopic (exact) mass is 631 g/mol. The summed E-state index contributed by atoms with van der Waals surface area (Å²) < 4.78 is 27.8. The van der Waals surface area contributed by atoms with Crippen LogP contribution in [-0.2, 0) is 28.5 Å². The first-order chi connectivity index (χ1) is 21.4. The molecule has 0 spiro atoms. The van der Waals surface area contributed by atoms with Gasteiger partial charge in [0.25, 0.3) is 0 Å². The fourth-order valence-electron chi connectivity index (χ4n) is 8.21. The van der Waals surface area contributed by atoms with Crippen molar-refractivity contribution in [2.24, 2.45) is 41.4 Å². The highest BCUT2D eigenvalue weighted by Gasteiger charge is 2.71. The van der Waals surface area contributed by atoms with Crippen LogP contribution in [0.1, 0.15) is 51.0 Å². The van der Waals surface area contributed by atoms with Crippen LogP contribution in [0.5, 0.6) is 0 Å². The van der Waals surface area contributed by atoms with Crippen molar-refractivity contribution >= 4 is 18.1 Å². The van der Waals surface area contributed by atoms with Crippen LogP contribution in [-0.4, -0.2) is 94.8 Å². The Bertz CT molecular complexity index is 1290. The minimum atomic E-state index is -1.46. The number of cyclic esters (lactones) is 1. The molecule has 12 heteroatoms. The minimum Gasteiger partial charge on any atom is -0.457 e. The number of fused-ring (bicyclic) bond motifs is 6. The summed E-state index contributed by atoms with van der Waals surface area (Å²) >= 11 is 0. The van der Waals surface area contributed by atoms with Crippen molar-refractivity contribution in [3.8, 4) is 0 Å². The molecule has 3 aliphatic carbocycles. The van der Waals surface area contributed by atoms with Crippen molar-refractivity contribution in [3.63, 3.8) is 0 Å². The summed E-state index contributed by atoms with van der Waals surface area (Å²) in [5.74, 6) is -3.67. The SMILES string of the molecule is CO[C@H]1CC2C=C[C@H]3[C@H]4C([C@H]3[C@]2(O)/C(C)=C/[C@@H](C)[C@@H]([C@@H](C)OC(=O)OCCCO)OC1=O)[C@H](O)[C@@H](C)[C@H]4OC(=O)c1ccc[nH]1. The first kappa shape index (κ1) is 33.2. The summed E-state index contributed by atoms with van der Waals surface area (Å²) in [6.45, 7) is 6.94. The van der Waals surface area contributed by atoms with Crippen LogP contribution in [0.4, 0.5) is 4.79 Å². The second kappa shape index (κ2) is 13.3. The van der Waals surface area contributed by atoms with Crippen LogP contribution < -0.4 is 0 Å². The van der Waals surface area contributed by atoms with Gasteiger partial charge in [-0.2, -0.15) is 0 Å². The molecule has 2 unspecified atom stereocenters. The van der Waals surface area contributed by atoms with E-state index in [4.69, 9.17) is 28.8 Å². The van der Waals surface area contributed by atoms with Crippen LogP contribution in [0.3, 0.4) is 0 Å². The van der Waals surface area contributed by atoms with Crippen molar-refractivity contribution < 1.29 is 53.4 Å². The summed E-state index contributed by atoms with van der Waals surface area (Å²) in [4.78, 5) is 41.4. The van der Waals surface area contributed by atoms with Gasteiger partial charge in [0.05, 0.1) is 18.3 Å². The number of aromatic nitrogens is 1. The highest BCUT2D eigenvalue weighted by atomic mass is 16.7. The summed E-state index contributed by atoms with van der Waals surface area (Å²) in [5, 5.41) is 33.2. The summed E-state index contributed by atoms with van der Waals surface area (Å²) in [6, 6.07) is 3.35. The predicted octanol–water partition coefficient (Wildman–Crippen LogP) is 2.78. The molecule has 13 atom stereocenters. The lowest BCUT2D eigenvalue weighted by Gasteiger charge is -2.61. The average Bonchev–Trinajstić information content (AvgIpc) is 3.59. The summed E-state index contributed by atoms with van der Waals surface area (Å²) in [6.07, 6.45) is 2.62. The number of hydrogen-bond donors (Lipinski definition) is 4. The van der Waals surface area contributed by atoms with E-state index in [1.54, 1.807) is 25.3 Å². The number of aromatic amines is 1. The van der Waals surface area contributed by atoms with Gasteiger partial charge in [-0.3, -0.25) is 0 Å². The van der Waals surface area contributed by atoms with Gasteiger partial charge in [-0.25, -0.2) is 14.4 Å². The zero-order chi connectivity index (χ0) is 32.6. The average molecular weight is 632 g/mol. The molecule has 1 aliphatic heterocycles. The molecule has 0 saturated heterocycles. The molecule has 45 heavy (non-hydrogen) atoms. The van der Waals surface area contributed by atoms with E-state index >= 15 is 0 Å². The van der Waals surface area contributed by atoms with E-state index in [2.05, 4.69) is 4.98 Å². The van der Waals surface area contributed by atoms with E-state index in [-0.39, 0.29) is 49.7 Å². The third-order valence-electron chi connectivity index (χ3n) is 10.4. The van der Waals surface area contributed by atoms with Gasteiger partial charge in [0.15, 0.2) is 6.10 Å². The third-order valence-corrected chi connectivity index (χ3v) is 10.4. The maximum absolute atomic E-state index is 13.4. The molecule has 4 N–H and O–H groups in total. The highest BCUT2D eigenvalue weighted by Crippen LogP contribution is 2.66. The van der Waals surface area contributed by atoms with Crippen LogP contribution in [0, 0.1) is 41.4 Å². The van der Waals surface area contributed by atoms with Crippen LogP contribution in [0.15, 0.2) is 42.1 Å². The molecular formula is C33H45NO11. The zero-order valence-corrected chi connectivity index (χ0v) is 26.3. The molecule has 4 aliphatic rings. The second-order valence-electron chi connectivity index (χ2n) is 12.9. The molecule has 0 radical (unpaired) electrons. The van der Waals surface area contributed by atoms with E-state index in [1.807, 2.05) is 39.0 Å². The van der Waals surface area contributed by atoms with Crippen molar-refractivity contribution in [2.45, 2.75) is 76.7 Å². The van der Waals surface area contributed by atoms with Gasteiger partial charge in [-0.05, 0) is 49.8 Å². The standard InChI is InChI=1S/C33H45NO11/c1-16-14-17(2)33(40)20(15-23(41-5)31(38)44-28(16)19(4)43-32(39)42-13-7-12-35)9-10-21-24-25(26(21)33)27(36)18(3)29(24)45-30(37)22-8-6-11-34-22/h6,8-11,14,16,18-21,23-29,34-36,40H,7,12-13,15H2,1-5H3/b17-14+/t16-,18-,19-,20?,21+,23+,24+,25?,26+,27-,28+,29-,33+/m1/s1. The van der Waals surface area contributed by atoms with Crippen LogP contribution in [0.25, 0.3) is 0 Å². The molecule has 1 aromatic rings. The topological polar surface area (TPSA) is 174 Å². The molecular weight excluding hydrogens is 586 g/mol. The van der Waals surface area contributed by atoms with E-state index in [0.29, 0.717) is 11.3 Å². The lowest BCUT2D eigenvalue weighted by molar-refractivity contribution is -0.186. The number of H-pyrrole nitrogens is 1. The largest absolute Gasteiger partial charge is 0.508 e. The number of hydrogen-bond acceptors (Lipinski definition) is 11. The maximum atomic E-state index is 13.4. The number of aliphatic hydroxyl groups is 3. The second-order valence-corrected chi connectivity index (χ2v) is 12.9. The van der Waals surface area contributed by atoms with Crippen molar-refractivity contribution in [1.29, 1.82) is 0 Å². The zero-order valence-electron chi connectivity index (χ0n) is 26.3. The summed E-state index contributed by atoms with van der Waals surface area (Å²) in [7, 11) is 1.40. The Balaban J connectivity index is 1.44. The molecule has 5 rings (SSSR count). The van der Waals surface area contributed by atoms with Crippen molar-refractivity contribution in [1.82, 2.24) is 4.98 Å². The number of carbonyl (C=O) groups excluding carboxylic acids is 3. The summed E-state index contributed by atoms with van der Waals surface area (Å²) in [5.41, 5.74) is -0.488. The van der Waals surface area contributed by atoms with E-state index < -0.39 is 72.0 Å². The van der Waals surface area contributed by atoms with Crippen LogP contribution in [0.2, 0.25) is 0 Å². The Morgan fingerprint density at radius 2 is 1.98 bits per heavy atom. The van der Waals surface area contributed by atoms with Gasteiger partial charge in [0.2, 0.25) is 0 Å². The number of esters is 2. The van der Waals surface area contributed by atoms with Gasteiger partial charge >= 0.3 is 18.1 Å². The van der Waals surface area contributed by atoms with Gasteiger partial charge in [-0.1, -0.05) is 32.1 Å². The third kappa shape index (κ3) is 5.93. The fourth-order valence-corrected chi connectivity index (χ4v) is 8.21. The Labute approximate surface area is 262 Å². The van der Waals surface area contributed by atoms with Gasteiger partial charge in [0.1, 0.15) is 24.0 Å². The lowest BCUT2D eigenvalue weighted by atomic mass is 9.46. The molecule has 12 nitrogen and oxygen atoms in total. The molecule has 0 bridgehead atoms. The number of rotatable bonds is 8. The van der Waals surface area contributed by atoms with Crippen LogP contribution >= 0.6 is 0 Å². The Kier molecular flexibility index (Phi) is 9.79. The first-order valence-corrected chi connectivity index (χ1v) is 15.7. The Morgan fingerprint density at radius 1 is 1.22 bits per heavy atom. The Hall–Kier alpha value is -3.19. The van der Waals surface area contributed by atoms with Crippen molar-refractivity contribution in [3.05, 3.63) is 47.8 Å². The van der Waals surface area contributed by atoms with E-state index in [0.717, 1.165) is 0 Å². The van der Waals surface area contributed by atoms with Gasteiger partial charge < -0.3 is 44.0 Å². The van der Waals surface area contributed by atoms with Crippen molar-refractivity contribution in [2.75, 3.05) is 20.3 Å². The molecule has 0 aromatic carbocycles. The molecule has 248 valence electrons. The smallest absolute Gasteiger partial charge is 0.457 e. The number of allylic oxidation sites excluding steroid dienone is 1. The number of nitrogens with one attached hydrogen (secondary N) is 1. The number of carbonyl (C=O) groups is 3. The normalized spacial score (nSPS) is 40.8. The maximum Gasteiger partial charge on any atom is 0.508 e. The molecule has 0 amide bonds. The Morgan fingerprint density at radius 3 is 2.64 bits per heavy atom.